The van der Waals surface area contributed by atoms with Crippen molar-refractivity contribution in [3.05, 3.63) is 38.9 Å². The maximum atomic E-state index is 11.6. The van der Waals surface area contributed by atoms with Gasteiger partial charge in [0.2, 0.25) is 0 Å². The van der Waals surface area contributed by atoms with Gasteiger partial charge in [0.05, 0.1) is 20.3 Å². The smallest absolute Gasteiger partial charge is 0.354 e. The predicted octanol–water partition coefficient (Wildman–Crippen LogP) is 2.85. The van der Waals surface area contributed by atoms with E-state index in [4.69, 9.17) is 0 Å². The van der Waals surface area contributed by atoms with Gasteiger partial charge in [-0.05, 0) is 18.2 Å². The van der Waals surface area contributed by atoms with Gasteiger partial charge in [-0.2, -0.15) is 0 Å². The molecule has 0 spiro atoms. The van der Waals surface area contributed by atoms with Gasteiger partial charge in [0.15, 0.2) is 0 Å². The van der Waals surface area contributed by atoms with Gasteiger partial charge in [0.1, 0.15) is 5.70 Å². The van der Waals surface area contributed by atoms with Crippen molar-refractivity contribution in [3.63, 3.8) is 0 Å². The van der Waals surface area contributed by atoms with Crippen LogP contribution in [0.3, 0.4) is 0 Å². The summed E-state index contributed by atoms with van der Waals surface area (Å²) in [6.45, 7) is 0. The fourth-order valence-electron chi connectivity index (χ4n) is 1.21. The third-order valence-corrected chi connectivity index (χ3v) is 2.93. The zero-order valence-electron chi connectivity index (χ0n) is 10.2. The zero-order chi connectivity index (χ0) is 14.4. The van der Waals surface area contributed by atoms with Crippen molar-refractivity contribution in [3.8, 4) is 0 Å². The van der Waals surface area contributed by atoms with Crippen LogP contribution in [0.15, 0.2) is 38.9 Å². The normalized spacial score (nSPS) is 10.8. The molecule has 19 heavy (non-hydrogen) atoms. The summed E-state index contributed by atoms with van der Waals surface area (Å²) in [5.41, 5.74) is 0.598. The Bertz CT molecular complexity index is 508. The maximum Gasteiger partial charge on any atom is 0.354 e. The number of ether oxygens (including phenoxy) is 2. The Labute approximate surface area is 127 Å². The summed E-state index contributed by atoms with van der Waals surface area (Å²) < 4.78 is 10.7. The highest BCUT2D eigenvalue weighted by Crippen LogP contribution is 2.24. The second kappa shape index (κ2) is 7.30. The highest BCUT2D eigenvalue weighted by Gasteiger charge is 2.13. The summed E-state index contributed by atoms with van der Waals surface area (Å²) in [4.78, 5) is 22.8. The summed E-state index contributed by atoms with van der Waals surface area (Å²) in [6.07, 6.45) is 1.03. The second-order valence-corrected chi connectivity index (χ2v) is 5.19. The molecule has 5 nitrogen and oxygen atoms in total. The van der Waals surface area contributed by atoms with Gasteiger partial charge in [-0.15, -0.1) is 0 Å². The lowest BCUT2D eigenvalue weighted by Crippen LogP contribution is -2.15. The topological polar surface area (TPSA) is 64.6 Å². The van der Waals surface area contributed by atoms with E-state index >= 15 is 0 Å². The number of hydrogen-bond donors (Lipinski definition) is 1. The van der Waals surface area contributed by atoms with Crippen LogP contribution in [0.25, 0.3) is 0 Å². The number of methoxy groups -OCH3 is 2. The van der Waals surface area contributed by atoms with Crippen molar-refractivity contribution in [2.75, 3.05) is 19.5 Å². The molecule has 1 aromatic carbocycles. The molecule has 0 aliphatic rings. The molecule has 7 heteroatoms. The molecule has 0 aliphatic heterocycles. The molecule has 0 saturated heterocycles. The number of anilines is 1. The van der Waals surface area contributed by atoms with Crippen molar-refractivity contribution in [1.29, 1.82) is 0 Å². The molecule has 1 rings (SSSR count). The highest BCUT2D eigenvalue weighted by molar-refractivity contribution is 9.11. The van der Waals surface area contributed by atoms with Gasteiger partial charge < -0.3 is 14.8 Å². The summed E-state index contributed by atoms with van der Waals surface area (Å²) in [7, 11) is 2.45. The number of carbonyl (C=O) groups excluding carboxylic acids is 2. The molecule has 0 fully saturated rings. The van der Waals surface area contributed by atoms with Crippen LogP contribution in [-0.4, -0.2) is 26.2 Å². The fourth-order valence-corrected chi connectivity index (χ4v) is 2.51. The molecule has 0 bridgehead atoms. The summed E-state index contributed by atoms with van der Waals surface area (Å²) in [6, 6.07) is 5.34. The van der Waals surface area contributed by atoms with Crippen LogP contribution < -0.4 is 5.32 Å². The molecule has 1 N–H and O–H groups in total. The van der Waals surface area contributed by atoms with Crippen LogP contribution in [-0.2, 0) is 19.1 Å². The SMILES string of the molecule is COC(=O)/C=C(/Nc1cc(Br)cc(Br)c1)C(=O)OC. The first kappa shape index (κ1) is 15.7. The number of rotatable bonds is 4. The third kappa shape index (κ3) is 5.04. The molecular weight excluding hydrogens is 382 g/mol. The van der Waals surface area contributed by atoms with Crippen LogP contribution in [0.2, 0.25) is 0 Å². The first-order valence-electron chi connectivity index (χ1n) is 5.07. The van der Waals surface area contributed by atoms with Gasteiger partial charge in [-0.25, -0.2) is 9.59 Å². The van der Waals surface area contributed by atoms with E-state index in [1.54, 1.807) is 12.1 Å². The number of hydrogen-bond acceptors (Lipinski definition) is 5. The van der Waals surface area contributed by atoms with Crippen molar-refractivity contribution in [2.45, 2.75) is 0 Å². The maximum absolute atomic E-state index is 11.6. The molecule has 0 saturated carbocycles. The molecule has 0 amide bonds. The van der Waals surface area contributed by atoms with Gasteiger partial charge in [0.25, 0.3) is 0 Å². The largest absolute Gasteiger partial charge is 0.466 e. The Balaban J connectivity index is 3.04. The van der Waals surface area contributed by atoms with E-state index in [9.17, 15) is 9.59 Å². The lowest BCUT2D eigenvalue weighted by atomic mass is 10.3. The molecule has 102 valence electrons. The first-order valence-corrected chi connectivity index (χ1v) is 6.66. The van der Waals surface area contributed by atoms with Crippen LogP contribution >= 0.6 is 31.9 Å². The van der Waals surface area contributed by atoms with E-state index in [1.807, 2.05) is 6.07 Å². The van der Waals surface area contributed by atoms with Crippen LogP contribution in [0.1, 0.15) is 0 Å². The first-order chi connectivity index (χ1) is 8.96. The molecule has 0 aliphatic carbocycles. The van der Waals surface area contributed by atoms with E-state index in [0.717, 1.165) is 15.0 Å². The van der Waals surface area contributed by atoms with Crippen LogP contribution in [0.5, 0.6) is 0 Å². The van der Waals surface area contributed by atoms with E-state index < -0.39 is 11.9 Å². The van der Waals surface area contributed by atoms with Crippen LogP contribution in [0.4, 0.5) is 5.69 Å². The summed E-state index contributed by atoms with van der Waals surface area (Å²) in [5, 5.41) is 2.80. The second-order valence-electron chi connectivity index (χ2n) is 3.36. The van der Waals surface area contributed by atoms with Gasteiger partial charge in [-0.1, -0.05) is 31.9 Å². The summed E-state index contributed by atoms with van der Waals surface area (Å²) in [5.74, 6) is -1.32. The van der Waals surface area contributed by atoms with Gasteiger partial charge in [0, 0.05) is 14.6 Å². The monoisotopic (exact) mass is 391 g/mol. The third-order valence-electron chi connectivity index (χ3n) is 2.01. The standard InChI is InChI=1S/C12H11Br2NO4/c1-18-11(16)6-10(12(17)19-2)15-9-4-7(13)3-8(14)5-9/h3-6,15H,1-2H3/b10-6+. The molecule has 0 aromatic heterocycles. The van der Waals surface area contributed by atoms with E-state index in [1.165, 1.54) is 14.2 Å². The van der Waals surface area contributed by atoms with Gasteiger partial charge >= 0.3 is 11.9 Å². The lowest BCUT2D eigenvalue weighted by molar-refractivity contribution is -0.138. The predicted molar refractivity (Wildman–Crippen MR) is 77.6 cm³/mol. The Morgan fingerprint density at radius 2 is 1.68 bits per heavy atom. The molecule has 0 radical (unpaired) electrons. The lowest BCUT2D eigenvalue weighted by Gasteiger charge is -2.09. The minimum atomic E-state index is -0.665. The molecule has 0 heterocycles. The number of benzene rings is 1. The number of esters is 2. The van der Waals surface area contributed by atoms with Crippen molar-refractivity contribution in [1.82, 2.24) is 0 Å². The van der Waals surface area contributed by atoms with Gasteiger partial charge in [-0.3, -0.25) is 0 Å². The molecule has 0 atom stereocenters. The summed E-state index contributed by atoms with van der Waals surface area (Å²) >= 11 is 6.65. The molecule has 1 aromatic rings. The Kier molecular flexibility index (Phi) is 6.04. The quantitative estimate of drug-likeness (QED) is 0.630. The Morgan fingerprint density at radius 1 is 1.11 bits per heavy atom. The average molecular weight is 393 g/mol. The molecular formula is C12H11Br2NO4. The average Bonchev–Trinajstić information content (AvgIpc) is 2.35. The van der Waals surface area contributed by atoms with E-state index in [2.05, 4.69) is 46.7 Å². The molecule has 0 unspecified atom stereocenters. The van der Waals surface area contributed by atoms with Crippen molar-refractivity contribution >= 4 is 49.5 Å². The van der Waals surface area contributed by atoms with E-state index in [-0.39, 0.29) is 5.70 Å². The number of carbonyl (C=O) groups is 2. The van der Waals surface area contributed by atoms with Crippen molar-refractivity contribution < 1.29 is 19.1 Å². The van der Waals surface area contributed by atoms with Crippen LogP contribution in [0, 0.1) is 0 Å². The van der Waals surface area contributed by atoms with Crippen molar-refractivity contribution in [2.24, 2.45) is 0 Å². The minimum absolute atomic E-state index is 0.0145. The minimum Gasteiger partial charge on any atom is -0.466 e. The highest BCUT2D eigenvalue weighted by atomic mass is 79.9. The Morgan fingerprint density at radius 3 is 2.16 bits per heavy atom. The van der Waals surface area contributed by atoms with E-state index in [0.29, 0.717) is 5.69 Å². The Hall–Kier alpha value is -1.34. The number of halogens is 2. The fraction of sp³-hybridized carbons (Fsp3) is 0.167. The number of nitrogens with one attached hydrogen (secondary N) is 1. The zero-order valence-corrected chi connectivity index (χ0v) is 13.4.